The van der Waals surface area contributed by atoms with Gasteiger partial charge in [0.2, 0.25) is 0 Å². The molecule has 0 spiro atoms. The van der Waals surface area contributed by atoms with Crippen LogP contribution in [-0.4, -0.2) is 10.2 Å². The Morgan fingerprint density at radius 3 is 2.46 bits per heavy atom. The van der Waals surface area contributed by atoms with E-state index in [9.17, 15) is 8.78 Å². The number of phenolic OH excluding ortho intramolecular Hbond substituents is 1. The lowest BCUT2D eigenvalue weighted by Crippen LogP contribution is -1.99. The van der Waals surface area contributed by atoms with E-state index < -0.39 is 34.1 Å². The molecular formula is C8H7ClF2O2. The first-order valence-corrected chi connectivity index (χ1v) is 3.87. The molecule has 0 saturated carbocycles. The normalized spacial score (nSPS) is 13.0. The topological polar surface area (TPSA) is 40.5 Å². The molecule has 0 aliphatic carbocycles. The van der Waals surface area contributed by atoms with Gasteiger partial charge in [-0.3, -0.25) is 0 Å². The van der Waals surface area contributed by atoms with Crippen LogP contribution in [0.1, 0.15) is 18.6 Å². The van der Waals surface area contributed by atoms with Gasteiger partial charge in [-0.25, -0.2) is 8.78 Å². The van der Waals surface area contributed by atoms with Crippen LogP contribution < -0.4 is 0 Å². The molecule has 5 heteroatoms. The zero-order valence-corrected chi connectivity index (χ0v) is 7.44. The molecule has 1 aromatic carbocycles. The molecular weight excluding hydrogens is 202 g/mol. The highest BCUT2D eigenvalue weighted by Gasteiger charge is 2.20. The zero-order valence-electron chi connectivity index (χ0n) is 6.68. The lowest BCUT2D eigenvalue weighted by molar-refractivity contribution is 0.188. The summed E-state index contributed by atoms with van der Waals surface area (Å²) in [5.41, 5.74) is -0.523. The van der Waals surface area contributed by atoms with Crippen LogP contribution in [0, 0.1) is 11.6 Å². The van der Waals surface area contributed by atoms with Gasteiger partial charge in [0.25, 0.3) is 0 Å². The van der Waals surface area contributed by atoms with Crippen molar-refractivity contribution in [2.45, 2.75) is 13.0 Å². The molecule has 0 aromatic heterocycles. The first-order valence-electron chi connectivity index (χ1n) is 3.49. The van der Waals surface area contributed by atoms with Crippen LogP contribution >= 0.6 is 11.6 Å². The molecule has 1 unspecified atom stereocenters. The standard InChI is InChI=1S/C8H7ClF2O2/c1-3(12)6-7(11)4(9)2-5(10)8(6)13/h2-3,12-13H,1H3. The van der Waals surface area contributed by atoms with Crippen molar-refractivity contribution in [1.29, 1.82) is 0 Å². The Bertz CT molecular complexity index is 313. The molecule has 0 amide bonds. The van der Waals surface area contributed by atoms with Gasteiger partial charge in [0.15, 0.2) is 17.4 Å². The van der Waals surface area contributed by atoms with Crippen LogP contribution in [0.15, 0.2) is 6.07 Å². The maximum Gasteiger partial charge on any atom is 0.166 e. The quantitative estimate of drug-likeness (QED) is 0.696. The van der Waals surface area contributed by atoms with Crippen molar-refractivity contribution in [3.63, 3.8) is 0 Å². The third kappa shape index (κ3) is 1.73. The summed E-state index contributed by atoms with van der Waals surface area (Å²) in [6, 6.07) is 0.651. The van der Waals surface area contributed by atoms with E-state index in [2.05, 4.69) is 0 Å². The van der Waals surface area contributed by atoms with Crippen molar-refractivity contribution in [2.75, 3.05) is 0 Å². The van der Waals surface area contributed by atoms with Crippen LogP contribution in [0.2, 0.25) is 5.02 Å². The van der Waals surface area contributed by atoms with Crippen LogP contribution in [-0.2, 0) is 0 Å². The van der Waals surface area contributed by atoms with E-state index in [4.69, 9.17) is 21.8 Å². The summed E-state index contributed by atoms with van der Waals surface area (Å²) in [4.78, 5) is 0. The second kappa shape index (κ2) is 3.47. The van der Waals surface area contributed by atoms with Crippen molar-refractivity contribution < 1.29 is 19.0 Å². The molecule has 0 aliphatic rings. The zero-order chi connectivity index (χ0) is 10.2. The Balaban J connectivity index is 3.46. The summed E-state index contributed by atoms with van der Waals surface area (Å²) >= 11 is 5.30. The van der Waals surface area contributed by atoms with Crippen molar-refractivity contribution in [3.05, 3.63) is 28.3 Å². The lowest BCUT2D eigenvalue weighted by atomic mass is 10.1. The van der Waals surface area contributed by atoms with Crippen LogP contribution in [0.3, 0.4) is 0 Å². The fourth-order valence-corrected chi connectivity index (χ4v) is 1.18. The summed E-state index contributed by atoms with van der Waals surface area (Å²) in [6.07, 6.45) is -1.31. The van der Waals surface area contributed by atoms with E-state index >= 15 is 0 Å². The number of aliphatic hydroxyl groups excluding tert-OH is 1. The van der Waals surface area contributed by atoms with E-state index in [1.54, 1.807) is 0 Å². The molecule has 1 atom stereocenters. The largest absolute Gasteiger partial charge is 0.504 e. The van der Waals surface area contributed by atoms with Crippen molar-refractivity contribution in [2.24, 2.45) is 0 Å². The Morgan fingerprint density at radius 2 is 2.00 bits per heavy atom. The predicted octanol–water partition coefficient (Wildman–Crippen LogP) is 2.38. The molecule has 1 aromatic rings. The minimum Gasteiger partial charge on any atom is -0.504 e. The highest BCUT2D eigenvalue weighted by atomic mass is 35.5. The summed E-state index contributed by atoms with van der Waals surface area (Å²) in [5.74, 6) is -2.96. The number of benzene rings is 1. The second-order valence-electron chi connectivity index (χ2n) is 2.59. The first-order chi connectivity index (χ1) is 5.95. The fraction of sp³-hybridized carbons (Fsp3) is 0.250. The van der Waals surface area contributed by atoms with E-state index in [0.29, 0.717) is 6.07 Å². The SMILES string of the molecule is CC(O)c1c(O)c(F)cc(Cl)c1F. The van der Waals surface area contributed by atoms with E-state index in [0.717, 1.165) is 0 Å². The molecule has 0 radical (unpaired) electrons. The minimum absolute atomic E-state index is 0.466. The Labute approximate surface area is 78.4 Å². The number of hydrogen-bond acceptors (Lipinski definition) is 2. The molecule has 0 bridgehead atoms. The molecule has 2 nitrogen and oxygen atoms in total. The van der Waals surface area contributed by atoms with Gasteiger partial charge in [-0.15, -0.1) is 0 Å². The fourth-order valence-electron chi connectivity index (χ4n) is 0.985. The third-order valence-corrected chi connectivity index (χ3v) is 1.87. The number of aliphatic hydroxyl groups is 1. The van der Waals surface area contributed by atoms with Gasteiger partial charge in [-0.2, -0.15) is 0 Å². The number of hydrogen-bond donors (Lipinski definition) is 2. The van der Waals surface area contributed by atoms with Gasteiger partial charge in [0.1, 0.15) is 0 Å². The van der Waals surface area contributed by atoms with E-state index in [-0.39, 0.29) is 0 Å². The molecule has 0 saturated heterocycles. The monoisotopic (exact) mass is 208 g/mol. The van der Waals surface area contributed by atoms with Gasteiger partial charge in [0.05, 0.1) is 16.7 Å². The number of aromatic hydroxyl groups is 1. The molecule has 13 heavy (non-hydrogen) atoms. The van der Waals surface area contributed by atoms with Crippen molar-refractivity contribution >= 4 is 11.6 Å². The molecule has 2 N–H and O–H groups in total. The summed E-state index contributed by atoms with van der Waals surface area (Å²) in [7, 11) is 0. The van der Waals surface area contributed by atoms with Crippen molar-refractivity contribution in [3.8, 4) is 5.75 Å². The van der Waals surface area contributed by atoms with Gasteiger partial charge < -0.3 is 10.2 Å². The lowest BCUT2D eigenvalue weighted by Gasteiger charge is -2.10. The van der Waals surface area contributed by atoms with E-state index in [1.807, 2.05) is 0 Å². The van der Waals surface area contributed by atoms with Crippen LogP contribution in [0.5, 0.6) is 5.75 Å². The molecule has 0 fully saturated rings. The second-order valence-corrected chi connectivity index (χ2v) is 3.00. The summed E-state index contributed by atoms with van der Waals surface area (Å²) in [6.45, 7) is 1.20. The third-order valence-electron chi connectivity index (χ3n) is 1.60. The highest BCUT2D eigenvalue weighted by Crippen LogP contribution is 2.33. The number of phenols is 1. The smallest absolute Gasteiger partial charge is 0.166 e. The first kappa shape index (κ1) is 10.2. The molecule has 72 valence electrons. The van der Waals surface area contributed by atoms with Gasteiger partial charge in [0, 0.05) is 0 Å². The Morgan fingerprint density at radius 1 is 1.46 bits per heavy atom. The van der Waals surface area contributed by atoms with Crippen molar-refractivity contribution in [1.82, 2.24) is 0 Å². The Hall–Kier alpha value is -0.870. The maximum atomic E-state index is 13.1. The Kier molecular flexibility index (Phi) is 2.73. The minimum atomic E-state index is -1.31. The van der Waals surface area contributed by atoms with Gasteiger partial charge >= 0.3 is 0 Å². The number of rotatable bonds is 1. The predicted molar refractivity (Wildman–Crippen MR) is 43.7 cm³/mol. The number of halogens is 3. The van der Waals surface area contributed by atoms with Gasteiger partial charge in [-0.05, 0) is 13.0 Å². The molecule has 1 rings (SSSR count). The average Bonchev–Trinajstić information content (AvgIpc) is 2.01. The summed E-state index contributed by atoms with van der Waals surface area (Å²) < 4.78 is 25.8. The van der Waals surface area contributed by atoms with Gasteiger partial charge in [-0.1, -0.05) is 11.6 Å². The molecule has 0 heterocycles. The van der Waals surface area contributed by atoms with Crippen LogP contribution in [0.25, 0.3) is 0 Å². The maximum absolute atomic E-state index is 13.1. The summed E-state index contributed by atoms with van der Waals surface area (Å²) in [5, 5.41) is 17.6. The van der Waals surface area contributed by atoms with E-state index in [1.165, 1.54) is 6.92 Å². The average molecular weight is 209 g/mol. The molecule has 0 aliphatic heterocycles. The highest BCUT2D eigenvalue weighted by molar-refractivity contribution is 6.30. The van der Waals surface area contributed by atoms with Crippen LogP contribution in [0.4, 0.5) is 8.78 Å².